The lowest BCUT2D eigenvalue weighted by Gasteiger charge is -2.39. The van der Waals surface area contributed by atoms with Crippen LogP contribution in [0.2, 0.25) is 0 Å². The molecule has 1 atom stereocenters. The molecule has 1 aliphatic rings. The maximum Gasteiger partial charge on any atom is 0.208 e. The minimum atomic E-state index is 0.0243. The van der Waals surface area contributed by atoms with E-state index in [4.69, 9.17) is 9.15 Å². The van der Waals surface area contributed by atoms with Crippen LogP contribution < -0.4 is 0 Å². The first-order valence-corrected chi connectivity index (χ1v) is 8.39. The average molecular weight is 309 g/mol. The van der Waals surface area contributed by atoms with Gasteiger partial charge in [-0.2, -0.15) is 0 Å². The van der Waals surface area contributed by atoms with Crippen LogP contribution in [-0.2, 0) is 16.7 Å². The molecule has 2 heterocycles. The monoisotopic (exact) mass is 309 g/mol. The number of rotatable bonds is 6. The molecular weight excluding hydrogens is 278 g/mol. The molecule has 1 aromatic rings. The summed E-state index contributed by atoms with van der Waals surface area (Å²) in [6.07, 6.45) is 1.87. The van der Waals surface area contributed by atoms with Crippen LogP contribution in [0.3, 0.4) is 0 Å². The summed E-state index contributed by atoms with van der Waals surface area (Å²) in [6, 6.07) is 0.547. The third-order valence-electron chi connectivity index (χ3n) is 4.23. The second-order valence-electron chi connectivity index (χ2n) is 7.19. The number of hydrogen-bond donors (Lipinski definition) is 0. The van der Waals surface area contributed by atoms with Crippen molar-refractivity contribution >= 4 is 0 Å². The zero-order valence-corrected chi connectivity index (χ0v) is 14.8. The molecule has 126 valence electrons. The van der Waals surface area contributed by atoms with Crippen LogP contribution in [0.15, 0.2) is 10.6 Å². The highest BCUT2D eigenvalue weighted by Crippen LogP contribution is 2.23. The number of hydrogen-bond acceptors (Lipinski definition) is 5. The molecule has 1 aromatic heterocycles. The highest BCUT2D eigenvalue weighted by atomic mass is 16.5. The maximum atomic E-state index is 5.91. The summed E-state index contributed by atoms with van der Waals surface area (Å²) in [6.45, 7) is 17.4. The number of nitrogens with zero attached hydrogens (tertiary/aromatic N) is 3. The van der Waals surface area contributed by atoms with E-state index in [2.05, 4.69) is 42.5 Å². The van der Waals surface area contributed by atoms with Crippen LogP contribution in [-0.4, -0.2) is 60.2 Å². The van der Waals surface area contributed by atoms with Crippen molar-refractivity contribution in [1.82, 2.24) is 14.8 Å². The summed E-state index contributed by atoms with van der Waals surface area (Å²) < 4.78 is 11.4. The summed E-state index contributed by atoms with van der Waals surface area (Å²) in [5, 5.41) is 0. The number of piperazine rings is 1. The molecule has 2 rings (SSSR count). The maximum absolute atomic E-state index is 5.91. The first kappa shape index (κ1) is 17.4. The molecule has 0 unspecified atom stereocenters. The van der Waals surface area contributed by atoms with E-state index in [0.29, 0.717) is 6.04 Å². The molecule has 0 N–H and O–H groups in total. The third kappa shape index (κ3) is 4.80. The Bertz CT molecular complexity index is 453. The fourth-order valence-electron chi connectivity index (χ4n) is 2.79. The predicted octanol–water partition coefficient (Wildman–Crippen LogP) is 2.51. The van der Waals surface area contributed by atoms with Crippen LogP contribution in [0, 0.1) is 0 Å². The molecule has 0 aromatic carbocycles. The minimum Gasteiger partial charge on any atom is -0.444 e. The normalized spacial score (nSPS) is 21.4. The smallest absolute Gasteiger partial charge is 0.208 e. The molecule has 0 saturated carbocycles. The molecule has 0 spiro atoms. The number of ether oxygens (including phenoxy) is 1. The van der Waals surface area contributed by atoms with Crippen molar-refractivity contribution in [2.75, 3.05) is 39.4 Å². The van der Waals surface area contributed by atoms with Gasteiger partial charge < -0.3 is 9.15 Å². The van der Waals surface area contributed by atoms with Gasteiger partial charge in [0.1, 0.15) is 5.76 Å². The van der Waals surface area contributed by atoms with Gasteiger partial charge in [-0.3, -0.25) is 9.80 Å². The molecule has 0 radical (unpaired) electrons. The molecule has 22 heavy (non-hydrogen) atoms. The number of aromatic nitrogens is 1. The van der Waals surface area contributed by atoms with Crippen molar-refractivity contribution in [2.45, 2.75) is 52.6 Å². The number of oxazole rings is 1. The van der Waals surface area contributed by atoms with Gasteiger partial charge in [0, 0.05) is 44.2 Å². The topological polar surface area (TPSA) is 41.7 Å². The van der Waals surface area contributed by atoms with Crippen molar-refractivity contribution in [3.05, 3.63) is 17.8 Å². The molecule has 1 saturated heterocycles. The Morgan fingerprint density at radius 1 is 1.36 bits per heavy atom. The van der Waals surface area contributed by atoms with Crippen LogP contribution in [0.1, 0.15) is 46.3 Å². The van der Waals surface area contributed by atoms with Gasteiger partial charge in [-0.1, -0.05) is 20.8 Å². The van der Waals surface area contributed by atoms with Crippen LogP contribution in [0.5, 0.6) is 0 Å². The largest absolute Gasteiger partial charge is 0.444 e. The van der Waals surface area contributed by atoms with Crippen LogP contribution in [0.25, 0.3) is 0 Å². The van der Waals surface area contributed by atoms with Gasteiger partial charge in [0.15, 0.2) is 0 Å². The van der Waals surface area contributed by atoms with Crippen molar-refractivity contribution in [3.8, 4) is 0 Å². The lowest BCUT2D eigenvalue weighted by Crippen LogP contribution is -2.52. The van der Waals surface area contributed by atoms with E-state index in [1.54, 1.807) is 0 Å². The Morgan fingerprint density at radius 2 is 2.14 bits per heavy atom. The summed E-state index contributed by atoms with van der Waals surface area (Å²) in [7, 11) is 0. The molecule has 0 amide bonds. The van der Waals surface area contributed by atoms with Gasteiger partial charge in [-0.15, -0.1) is 0 Å². The van der Waals surface area contributed by atoms with E-state index in [9.17, 15) is 0 Å². The van der Waals surface area contributed by atoms with E-state index in [1.807, 2.05) is 13.1 Å². The minimum absolute atomic E-state index is 0.0243. The van der Waals surface area contributed by atoms with Gasteiger partial charge in [0.25, 0.3) is 0 Å². The molecule has 1 aliphatic heterocycles. The SMILES string of the molecule is CCOCCN1CCN(Cc2ncc(C(C)(C)C)o2)C[C@H]1C. The standard InChI is InChI=1S/C17H31N3O2/c1-6-21-10-9-20-8-7-19(12-14(20)2)13-16-18-11-15(22-16)17(3,4)5/h11,14H,6-10,12-13H2,1-5H3/t14-/m1/s1. The Morgan fingerprint density at radius 3 is 2.73 bits per heavy atom. The molecule has 0 aliphatic carbocycles. The van der Waals surface area contributed by atoms with Gasteiger partial charge in [-0.25, -0.2) is 4.98 Å². The summed E-state index contributed by atoms with van der Waals surface area (Å²) in [5.41, 5.74) is 0.0243. The molecule has 1 fully saturated rings. The Hall–Kier alpha value is -0.910. The third-order valence-corrected chi connectivity index (χ3v) is 4.23. The lowest BCUT2D eigenvalue weighted by atomic mass is 9.94. The van der Waals surface area contributed by atoms with E-state index in [1.165, 1.54) is 0 Å². The van der Waals surface area contributed by atoms with Crippen molar-refractivity contribution in [1.29, 1.82) is 0 Å². The Kier molecular flexibility index (Phi) is 6.01. The van der Waals surface area contributed by atoms with Gasteiger partial charge in [0.05, 0.1) is 19.3 Å². The van der Waals surface area contributed by atoms with Gasteiger partial charge in [0.2, 0.25) is 5.89 Å². The summed E-state index contributed by atoms with van der Waals surface area (Å²) in [5.74, 6) is 1.80. The van der Waals surface area contributed by atoms with E-state index >= 15 is 0 Å². The molecule has 0 bridgehead atoms. The van der Waals surface area contributed by atoms with Gasteiger partial charge in [-0.05, 0) is 13.8 Å². The van der Waals surface area contributed by atoms with Gasteiger partial charge >= 0.3 is 0 Å². The zero-order chi connectivity index (χ0) is 16.2. The summed E-state index contributed by atoms with van der Waals surface area (Å²) in [4.78, 5) is 9.37. The fraction of sp³-hybridized carbons (Fsp3) is 0.824. The molecule has 5 nitrogen and oxygen atoms in total. The average Bonchev–Trinajstić information content (AvgIpc) is 2.90. The quantitative estimate of drug-likeness (QED) is 0.755. The first-order valence-electron chi connectivity index (χ1n) is 8.39. The molecular formula is C17H31N3O2. The summed E-state index contributed by atoms with van der Waals surface area (Å²) >= 11 is 0. The van der Waals surface area contributed by atoms with Crippen LogP contribution >= 0.6 is 0 Å². The van der Waals surface area contributed by atoms with Crippen LogP contribution in [0.4, 0.5) is 0 Å². The predicted molar refractivity (Wildman–Crippen MR) is 88.0 cm³/mol. The highest BCUT2D eigenvalue weighted by Gasteiger charge is 2.25. The van der Waals surface area contributed by atoms with Crippen molar-refractivity contribution < 1.29 is 9.15 Å². The highest BCUT2D eigenvalue weighted by molar-refractivity contribution is 5.06. The zero-order valence-electron chi connectivity index (χ0n) is 14.8. The van der Waals surface area contributed by atoms with E-state index < -0.39 is 0 Å². The molecule has 5 heteroatoms. The fourth-order valence-corrected chi connectivity index (χ4v) is 2.79. The lowest BCUT2D eigenvalue weighted by molar-refractivity contribution is 0.0434. The Balaban J connectivity index is 1.82. The Labute approximate surface area is 134 Å². The second-order valence-corrected chi connectivity index (χ2v) is 7.19. The van der Waals surface area contributed by atoms with Crippen molar-refractivity contribution in [2.24, 2.45) is 0 Å². The second kappa shape index (κ2) is 7.57. The van der Waals surface area contributed by atoms with Crippen molar-refractivity contribution in [3.63, 3.8) is 0 Å². The first-order chi connectivity index (χ1) is 10.4. The van der Waals surface area contributed by atoms with E-state index in [0.717, 1.165) is 57.6 Å². The van der Waals surface area contributed by atoms with E-state index in [-0.39, 0.29) is 5.41 Å².